The number of rotatable bonds is 12. The van der Waals surface area contributed by atoms with Crippen LogP contribution in [0.4, 0.5) is 0 Å². The van der Waals surface area contributed by atoms with Crippen LogP contribution in [0, 0.1) is 50.2 Å². The minimum Gasteiger partial charge on any atom is -0.432 e. The molecule has 0 aromatic heterocycles. The second kappa shape index (κ2) is 23.8. The second-order valence-electron chi connectivity index (χ2n) is 28.3. The maximum absolute atomic E-state index is 15.3. The normalized spacial score (nSPS) is 54.6. The van der Waals surface area contributed by atoms with Crippen LogP contribution in [0.1, 0.15) is 113 Å². The highest BCUT2D eigenvalue weighted by Gasteiger charge is 2.72. The summed E-state index contributed by atoms with van der Waals surface area (Å²) in [4.78, 5) is 15.3. The highest BCUT2D eigenvalue weighted by molar-refractivity contribution is 5.80. The molecule has 0 unspecified atom stereocenters. The minimum atomic E-state index is -1.97. The van der Waals surface area contributed by atoms with E-state index in [4.69, 9.17) is 47.4 Å². The summed E-state index contributed by atoms with van der Waals surface area (Å²) < 4.78 is 59.0. The molecule has 26 heteroatoms. The number of carbonyl (C=O) groups excluding carboxylic acids is 1. The van der Waals surface area contributed by atoms with E-state index in [1.54, 1.807) is 0 Å². The molecule has 84 heavy (non-hydrogen) atoms. The zero-order valence-electron chi connectivity index (χ0n) is 49.1. The lowest BCUT2D eigenvalue weighted by atomic mass is 9.33. The SMILES string of the molecule is C[C@@H]1O[C@@H](O[C@H]2[C@H](O[C@H]3CC[C@]4(C)[C@H]5CC=C6[C@@H]7CC(C)(C)CC[C@]7(C(=O)O[C@@H]7O[C@H](CO[C@@H]8O[C@H](CO)[C@@H](O[C@@H]9OC[C@H](O)[C@H](O)[C@H]9O)[C@H](O)[C@H]8O)[C@@H](O)[C@H](O)[C@H]7O)[C@H](O)C[C@@]6(C)[C@]5(C)CC[C@H]4C3(C)C)OC[C@H](O)[C@@H]2O)[C@H](O)[C@H](O)[C@H]1O. The number of carbonyl (C=O) groups is 1. The fraction of sp³-hybridized carbons (Fsp3) is 0.948. The first-order chi connectivity index (χ1) is 39.3. The van der Waals surface area contributed by atoms with Gasteiger partial charge in [-0.05, 0) is 110 Å². The van der Waals surface area contributed by atoms with Gasteiger partial charge in [-0.3, -0.25) is 4.79 Å². The van der Waals surface area contributed by atoms with Gasteiger partial charge in [0.05, 0.1) is 44.7 Å². The Morgan fingerprint density at radius 3 is 1.87 bits per heavy atom. The number of hydrogen-bond donors (Lipinski definition) is 15. The Kier molecular flexibility index (Phi) is 18.5. The number of aliphatic hydroxyl groups is 15. The zero-order valence-corrected chi connectivity index (χ0v) is 49.1. The molecule has 5 saturated heterocycles. The van der Waals surface area contributed by atoms with Crippen molar-refractivity contribution in [1.29, 1.82) is 0 Å². The molecule has 10 aliphatic rings. The van der Waals surface area contributed by atoms with Gasteiger partial charge in [0.25, 0.3) is 0 Å². The highest BCUT2D eigenvalue weighted by Crippen LogP contribution is 2.76. The van der Waals surface area contributed by atoms with Crippen LogP contribution in [0.5, 0.6) is 0 Å². The van der Waals surface area contributed by atoms with E-state index in [-0.39, 0.29) is 47.5 Å². The topological polar surface area (TPSA) is 413 Å². The van der Waals surface area contributed by atoms with Gasteiger partial charge in [-0.15, -0.1) is 0 Å². The standard InChI is InChI=1S/C58H94O26/c1-23-34(63)38(67)42(71)49(78-23)83-46-36(65)27(61)21-76-51(46)81-33-12-13-55(6)30(54(33,4)5)11-14-56(7)31(55)10-9-24-25-17-53(2,3)15-16-58(25,32(62)18-57(24,56)8)52(74)84-50-43(72)39(68)37(66)29(80-50)22-77-47-44(73)40(69)45(28(19-59)79-47)82-48-41(70)35(64)26(60)20-75-48/h9,23,25-51,59-73H,10-22H2,1-8H3/t23-,25-,26-,27-,28+,29+,30-,31+,32+,33-,34-,35-,36-,37+,38+,39-,40+,41+,42+,43+,44+,45+,46+,47+,48-,49-,50-,51-,55-,56+,57+,58+/m0/s1. The van der Waals surface area contributed by atoms with Gasteiger partial charge in [-0.2, -0.15) is 0 Å². The van der Waals surface area contributed by atoms with Gasteiger partial charge in [0.2, 0.25) is 6.29 Å². The van der Waals surface area contributed by atoms with E-state index < -0.39 is 201 Å². The summed E-state index contributed by atoms with van der Waals surface area (Å²) in [7, 11) is 0. The Labute approximate surface area is 488 Å². The third kappa shape index (κ3) is 10.8. The average molecular weight is 1210 g/mol. The molecule has 5 heterocycles. The highest BCUT2D eigenvalue weighted by atomic mass is 16.8. The second-order valence-corrected chi connectivity index (χ2v) is 28.3. The largest absolute Gasteiger partial charge is 0.432 e. The summed E-state index contributed by atoms with van der Waals surface area (Å²) in [6, 6.07) is 0. The molecular formula is C58H94O26. The molecule has 26 nitrogen and oxygen atoms in total. The lowest BCUT2D eigenvalue weighted by Gasteiger charge is -2.71. The van der Waals surface area contributed by atoms with Crippen molar-refractivity contribution in [2.24, 2.45) is 50.2 Å². The summed E-state index contributed by atoms with van der Waals surface area (Å²) in [6.07, 6.45) is -30.9. The fourth-order valence-electron chi connectivity index (χ4n) is 17.4. The fourth-order valence-corrected chi connectivity index (χ4v) is 17.4. The van der Waals surface area contributed by atoms with Crippen molar-refractivity contribution in [3.63, 3.8) is 0 Å². The molecule has 32 atom stereocenters. The number of ether oxygens (including phenoxy) is 10. The van der Waals surface area contributed by atoms with Crippen LogP contribution in [-0.2, 0) is 52.2 Å². The predicted octanol–water partition coefficient (Wildman–Crippen LogP) is -2.93. The Balaban J connectivity index is 0.839. The van der Waals surface area contributed by atoms with Gasteiger partial charge >= 0.3 is 5.97 Å². The number of allylic oxidation sites excluding steroid dienone is 2. The predicted molar refractivity (Wildman–Crippen MR) is 283 cm³/mol. The van der Waals surface area contributed by atoms with Crippen molar-refractivity contribution in [1.82, 2.24) is 0 Å². The van der Waals surface area contributed by atoms with Crippen molar-refractivity contribution >= 4 is 5.97 Å². The molecule has 10 rings (SSSR count). The molecule has 0 aromatic carbocycles. The third-order valence-electron chi connectivity index (χ3n) is 22.7. The first kappa shape index (κ1) is 65.2. The zero-order chi connectivity index (χ0) is 61.3. The lowest BCUT2D eigenvalue weighted by Crippen LogP contribution is -2.68. The quantitative estimate of drug-likeness (QED) is 0.0528. The molecule has 5 aliphatic carbocycles. The van der Waals surface area contributed by atoms with Gasteiger partial charge in [-0.25, -0.2) is 0 Å². The Morgan fingerprint density at radius 1 is 0.571 bits per heavy atom. The van der Waals surface area contributed by atoms with E-state index in [1.807, 2.05) is 0 Å². The summed E-state index contributed by atoms with van der Waals surface area (Å²) in [5, 5.41) is 163. The smallest absolute Gasteiger partial charge is 0.317 e. The molecule has 0 radical (unpaired) electrons. The molecule has 0 bridgehead atoms. The van der Waals surface area contributed by atoms with Crippen LogP contribution in [0.15, 0.2) is 11.6 Å². The van der Waals surface area contributed by atoms with Crippen molar-refractivity contribution in [3.05, 3.63) is 11.6 Å². The first-order valence-corrected chi connectivity index (χ1v) is 30.1. The molecule has 482 valence electrons. The van der Waals surface area contributed by atoms with Gasteiger partial charge in [-0.1, -0.05) is 60.1 Å². The van der Waals surface area contributed by atoms with E-state index in [0.717, 1.165) is 24.8 Å². The van der Waals surface area contributed by atoms with Crippen LogP contribution < -0.4 is 0 Å². The lowest BCUT2D eigenvalue weighted by molar-refractivity contribution is -0.364. The summed E-state index contributed by atoms with van der Waals surface area (Å²) >= 11 is 0. The first-order valence-electron chi connectivity index (χ1n) is 30.1. The molecule has 4 saturated carbocycles. The van der Waals surface area contributed by atoms with E-state index in [0.29, 0.717) is 25.7 Å². The van der Waals surface area contributed by atoms with E-state index in [1.165, 1.54) is 6.92 Å². The summed E-state index contributed by atoms with van der Waals surface area (Å²) in [6.45, 7) is 14.8. The van der Waals surface area contributed by atoms with Gasteiger partial charge in [0.1, 0.15) is 109 Å². The number of hydrogen-bond acceptors (Lipinski definition) is 26. The van der Waals surface area contributed by atoms with Gasteiger partial charge in [0.15, 0.2) is 25.2 Å². The molecule has 0 amide bonds. The maximum atomic E-state index is 15.3. The third-order valence-corrected chi connectivity index (χ3v) is 22.7. The van der Waals surface area contributed by atoms with Crippen molar-refractivity contribution in [2.75, 3.05) is 26.4 Å². The maximum Gasteiger partial charge on any atom is 0.317 e. The molecule has 15 N–H and O–H groups in total. The van der Waals surface area contributed by atoms with Crippen LogP contribution in [0.2, 0.25) is 0 Å². The van der Waals surface area contributed by atoms with E-state index in [9.17, 15) is 76.6 Å². The van der Waals surface area contributed by atoms with Crippen LogP contribution in [-0.4, -0.2) is 263 Å². The molecule has 0 spiro atoms. The Hall–Kier alpha value is -1.75. The van der Waals surface area contributed by atoms with Crippen molar-refractivity contribution < 1.29 is 129 Å². The summed E-state index contributed by atoms with van der Waals surface area (Å²) in [5.41, 5.74) is -2.49. The van der Waals surface area contributed by atoms with E-state index >= 15 is 4.79 Å². The molecule has 0 aromatic rings. The average Bonchev–Trinajstić information content (AvgIpc) is 0.706. The number of aliphatic hydroxyl groups excluding tert-OH is 15. The van der Waals surface area contributed by atoms with Crippen LogP contribution in [0.25, 0.3) is 0 Å². The Morgan fingerprint density at radius 2 is 1.18 bits per heavy atom. The number of esters is 1. The van der Waals surface area contributed by atoms with Gasteiger partial charge in [0, 0.05) is 0 Å². The monoisotopic (exact) mass is 1210 g/mol. The minimum absolute atomic E-state index is 0.100. The Bertz CT molecular complexity index is 2350. The molecular weight excluding hydrogens is 1110 g/mol. The van der Waals surface area contributed by atoms with Crippen LogP contribution >= 0.6 is 0 Å². The van der Waals surface area contributed by atoms with E-state index in [2.05, 4.69) is 54.5 Å². The van der Waals surface area contributed by atoms with Crippen LogP contribution in [0.3, 0.4) is 0 Å². The number of fused-ring (bicyclic) bond motifs is 7. The van der Waals surface area contributed by atoms with Gasteiger partial charge < -0.3 is 124 Å². The van der Waals surface area contributed by atoms with Crippen molar-refractivity contribution in [3.8, 4) is 0 Å². The molecule has 9 fully saturated rings. The summed E-state index contributed by atoms with van der Waals surface area (Å²) in [5.74, 6) is -1.16. The molecule has 5 aliphatic heterocycles. The van der Waals surface area contributed by atoms with Crippen molar-refractivity contribution in [2.45, 2.75) is 267 Å².